The van der Waals surface area contributed by atoms with E-state index in [1.807, 2.05) is 12.1 Å². The van der Waals surface area contributed by atoms with Crippen molar-refractivity contribution >= 4 is 40.9 Å². The van der Waals surface area contributed by atoms with Crippen molar-refractivity contribution in [3.63, 3.8) is 0 Å². The van der Waals surface area contributed by atoms with Crippen LogP contribution in [0.2, 0.25) is 0 Å². The van der Waals surface area contributed by atoms with E-state index in [0.29, 0.717) is 17.0 Å². The van der Waals surface area contributed by atoms with Crippen LogP contribution in [0.4, 0.5) is 5.69 Å². The Hall–Kier alpha value is -3.50. The molecule has 0 spiro atoms. The summed E-state index contributed by atoms with van der Waals surface area (Å²) in [5.74, 6) is -0.507. The molecule has 3 rings (SSSR count). The van der Waals surface area contributed by atoms with Gasteiger partial charge in [0.15, 0.2) is 11.7 Å². The maximum Gasteiger partial charge on any atom is 0.270 e. The summed E-state index contributed by atoms with van der Waals surface area (Å²) in [6.07, 6.45) is 1.49. The van der Waals surface area contributed by atoms with Crippen LogP contribution in [-0.2, 0) is 9.59 Å². The van der Waals surface area contributed by atoms with Crippen molar-refractivity contribution in [1.29, 1.82) is 5.26 Å². The molecule has 1 heterocycles. The molecular formula is C19H13N3O3S. The Morgan fingerprint density at radius 2 is 1.81 bits per heavy atom. The maximum atomic E-state index is 12.8. The summed E-state index contributed by atoms with van der Waals surface area (Å²) in [6.45, 7) is -0.0508. The second-order valence-corrected chi connectivity index (χ2v) is 5.70. The van der Waals surface area contributed by atoms with Crippen molar-refractivity contribution in [1.82, 2.24) is 5.32 Å². The molecule has 0 unspecified atom stereocenters. The summed E-state index contributed by atoms with van der Waals surface area (Å²) in [5.41, 5.74) is 1.20. The summed E-state index contributed by atoms with van der Waals surface area (Å²) in [6, 6.07) is 17.5. The summed E-state index contributed by atoms with van der Waals surface area (Å²) < 4.78 is 5.18. The van der Waals surface area contributed by atoms with Crippen LogP contribution in [0.3, 0.4) is 0 Å². The van der Waals surface area contributed by atoms with Gasteiger partial charge in [-0.25, -0.2) is 0 Å². The Morgan fingerprint density at radius 3 is 2.46 bits per heavy atom. The number of nitrogens with zero attached hydrogens (tertiary/aromatic N) is 2. The van der Waals surface area contributed by atoms with E-state index in [1.54, 1.807) is 48.5 Å². The number of thiocarbonyl (C=S) groups is 1. The maximum absolute atomic E-state index is 12.8. The number of nitrogens with one attached hydrogen (secondary N) is 1. The lowest BCUT2D eigenvalue weighted by molar-refractivity contribution is -0.122. The lowest BCUT2D eigenvalue weighted by Gasteiger charge is -2.28. The highest BCUT2D eigenvalue weighted by Crippen LogP contribution is 2.22. The van der Waals surface area contributed by atoms with Crippen LogP contribution in [0.15, 0.2) is 60.2 Å². The highest BCUT2D eigenvalue weighted by molar-refractivity contribution is 7.80. The van der Waals surface area contributed by atoms with Crippen LogP contribution >= 0.6 is 12.2 Å². The highest BCUT2D eigenvalue weighted by Gasteiger charge is 2.34. The number of carbonyl (C=O) groups is 2. The van der Waals surface area contributed by atoms with Gasteiger partial charge in [0.05, 0.1) is 5.69 Å². The first-order valence-electron chi connectivity index (χ1n) is 7.66. The number of para-hydroxylation sites is 1. The Morgan fingerprint density at radius 1 is 1.12 bits per heavy atom. The van der Waals surface area contributed by atoms with Crippen LogP contribution < -0.4 is 15.0 Å². The second kappa shape index (κ2) is 7.59. The smallest absolute Gasteiger partial charge is 0.270 e. The predicted octanol–water partition coefficient (Wildman–Crippen LogP) is 2.42. The Balaban J connectivity index is 1.89. The standard InChI is InChI=1S/C19H13N3O3S/c20-10-11-25-15-8-6-13(7-9-15)12-16-17(23)21-19(26)22(18(16)24)14-4-2-1-3-5-14/h1-9,12H,11H2,(H,21,23,26). The van der Waals surface area contributed by atoms with Crippen molar-refractivity contribution in [3.05, 3.63) is 65.7 Å². The zero-order valence-corrected chi connectivity index (χ0v) is 14.3. The molecule has 1 saturated heterocycles. The molecule has 0 atom stereocenters. The van der Waals surface area contributed by atoms with Crippen molar-refractivity contribution in [3.8, 4) is 11.8 Å². The first-order chi connectivity index (χ1) is 12.6. The third-order valence-corrected chi connectivity index (χ3v) is 3.90. The minimum atomic E-state index is -0.544. The monoisotopic (exact) mass is 363 g/mol. The zero-order valence-electron chi connectivity index (χ0n) is 13.5. The number of rotatable bonds is 4. The average molecular weight is 363 g/mol. The fraction of sp³-hybridized carbons (Fsp3) is 0.0526. The Labute approximate surface area is 155 Å². The number of carbonyl (C=O) groups excluding carboxylic acids is 2. The van der Waals surface area contributed by atoms with E-state index in [9.17, 15) is 9.59 Å². The van der Waals surface area contributed by atoms with Gasteiger partial charge < -0.3 is 4.74 Å². The Bertz CT molecular complexity index is 931. The fourth-order valence-electron chi connectivity index (χ4n) is 2.41. The van der Waals surface area contributed by atoms with Crippen molar-refractivity contribution in [2.24, 2.45) is 0 Å². The van der Waals surface area contributed by atoms with E-state index in [-0.39, 0.29) is 17.3 Å². The molecule has 2 aromatic rings. The molecule has 7 heteroatoms. The molecule has 0 saturated carbocycles. The van der Waals surface area contributed by atoms with Gasteiger partial charge in [-0.2, -0.15) is 5.26 Å². The molecule has 2 amide bonds. The molecule has 0 bridgehead atoms. The minimum Gasteiger partial charge on any atom is -0.479 e. The highest BCUT2D eigenvalue weighted by atomic mass is 32.1. The predicted molar refractivity (Wildman–Crippen MR) is 100 cm³/mol. The SMILES string of the molecule is N#CCOc1ccc(C=C2C(=O)NC(=S)N(c3ccccc3)C2=O)cc1. The lowest BCUT2D eigenvalue weighted by Crippen LogP contribution is -2.54. The van der Waals surface area contributed by atoms with Crippen molar-refractivity contribution in [2.45, 2.75) is 0 Å². The lowest BCUT2D eigenvalue weighted by atomic mass is 10.1. The summed E-state index contributed by atoms with van der Waals surface area (Å²) >= 11 is 5.14. The topological polar surface area (TPSA) is 82.4 Å². The molecule has 1 aliphatic rings. The van der Waals surface area contributed by atoms with E-state index in [1.165, 1.54) is 11.0 Å². The molecule has 26 heavy (non-hydrogen) atoms. The molecule has 1 aliphatic heterocycles. The van der Waals surface area contributed by atoms with Gasteiger partial charge in [-0.3, -0.25) is 19.8 Å². The number of benzene rings is 2. The molecule has 1 N–H and O–H groups in total. The van der Waals surface area contributed by atoms with E-state index in [4.69, 9.17) is 22.2 Å². The second-order valence-electron chi connectivity index (χ2n) is 5.31. The molecule has 0 aliphatic carbocycles. The van der Waals surface area contributed by atoms with Gasteiger partial charge in [0.1, 0.15) is 17.4 Å². The largest absolute Gasteiger partial charge is 0.479 e. The summed E-state index contributed by atoms with van der Waals surface area (Å²) in [4.78, 5) is 26.3. The third kappa shape index (κ3) is 3.61. The molecule has 1 fully saturated rings. The molecule has 128 valence electrons. The molecule has 0 aromatic heterocycles. The van der Waals surface area contributed by atoms with Gasteiger partial charge in [0.25, 0.3) is 11.8 Å². The van der Waals surface area contributed by atoms with Gasteiger partial charge in [-0.05, 0) is 48.1 Å². The minimum absolute atomic E-state index is 0.0202. The van der Waals surface area contributed by atoms with E-state index in [2.05, 4.69) is 5.32 Å². The van der Waals surface area contributed by atoms with Gasteiger partial charge in [-0.1, -0.05) is 30.3 Å². The van der Waals surface area contributed by atoms with Crippen molar-refractivity contribution < 1.29 is 14.3 Å². The quantitative estimate of drug-likeness (QED) is 0.512. The van der Waals surface area contributed by atoms with Gasteiger partial charge in [-0.15, -0.1) is 0 Å². The van der Waals surface area contributed by atoms with Crippen LogP contribution in [0, 0.1) is 11.3 Å². The number of hydrogen-bond acceptors (Lipinski definition) is 5. The average Bonchev–Trinajstić information content (AvgIpc) is 2.65. The first-order valence-corrected chi connectivity index (χ1v) is 8.07. The fourth-order valence-corrected chi connectivity index (χ4v) is 2.69. The molecule has 6 nitrogen and oxygen atoms in total. The normalized spacial score (nSPS) is 15.6. The van der Waals surface area contributed by atoms with Gasteiger partial charge >= 0.3 is 0 Å². The zero-order chi connectivity index (χ0) is 18.5. The number of hydrogen-bond donors (Lipinski definition) is 1. The van der Waals surface area contributed by atoms with Gasteiger partial charge in [0, 0.05) is 0 Å². The number of nitriles is 1. The Kier molecular flexibility index (Phi) is 5.06. The van der Waals surface area contributed by atoms with E-state index >= 15 is 0 Å². The number of ether oxygens (including phenoxy) is 1. The molecule has 0 radical (unpaired) electrons. The van der Waals surface area contributed by atoms with Crippen molar-refractivity contribution in [2.75, 3.05) is 11.5 Å². The third-order valence-electron chi connectivity index (χ3n) is 3.61. The van der Waals surface area contributed by atoms with Gasteiger partial charge in [0.2, 0.25) is 0 Å². The molecule has 2 aromatic carbocycles. The van der Waals surface area contributed by atoms with Crippen LogP contribution in [0.1, 0.15) is 5.56 Å². The van der Waals surface area contributed by atoms with Crippen LogP contribution in [0.5, 0.6) is 5.75 Å². The number of anilines is 1. The van der Waals surface area contributed by atoms with Crippen LogP contribution in [0.25, 0.3) is 6.08 Å². The summed E-state index contributed by atoms with van der Waals surface area (Å²) in [7, 11) is 0. The van der Waals surface area contributed by atoms with Crippen LogP contribution in [-0.4, -0.2) is 23.5 Å². The summed E-state index contributed by atoms with van der Waals surface area (Å²) in [5, 5.41) is 11.1. The number of amides is 2. The molecular weight excluding hydrogens is 350 g/mol. The van der Waals surface area contributed by atoms with E-state index in [0.717, 1.165) is 0 Å². The first kappa shape index (κ1) is 17.3. The van der Waals surface area contributed by atoms with E-state index < -0.39 is 11.8 Å².